The molecule has 0 radical (unpaired) electrons. The lowest BCUT2D eigenvalue weighted by molar-refractivity contribution is -0.113. The van der Waals surface area contributed by atoms with Crippen LogP contribution in [-0.2, 0) is 9.53 Å². The summed E-state index contributed by atoms with van der Waals surface area (Å²) in [6.45, 7) is 2.14. The van der Waals surface area contributed by atoms with Crippen molar-refractivity contribution in [1.82, 2.24) is 0 Å². The van der Waals surface area contributed by atoms with E-state index in [1.807, 2.05) is 0 Å². The first kappa shape index (κ1) is 6.35. The quantitative estimate of drug-likeness (QED) is 0.401. The van der Waals surface area contributed by atoms with Gasteiger partial charge in [-0.05, 0) is 18.8 Å². The number of aldehydes is 1. The average molecular weight is 140 g/mol. The number of hydrogen-bond acceptors (Lipinski definition) is 2. The molecule has 56 valence electrons. The first-order valence-corrected chi connectivity index (χ1v) is 3.92. The molecule has 1 saturated heterocycles. The maximum atomic E-state index is 10.5. The molecule has 0 aromatic carbocycles. The molecule has 0 N–H and O–H groups in total. The van der Waals surface area contributed by atoms with Gasteiger partial charge in [-0.15, -0.1) is 0 Å². The van der Waals surface area contributed by atoms with Gasteiger partial charge in [0.2, 0.25) is 0 Å². The summed E-state index contributed by atoms with van der Waals surface area (Å²) < 4.78 is 5.32. The van der Waals surface area contributed by atoms with Gasteiger partial charge in [0.15, 0.2) is 0 Å². The summed E-state index contributed by atoms with van der Waals surface area (Å²) in [4.78, 5) is 10.5. The SMILES string of the molecule is CC1CC2O[C@H]2CC1C=O. The molecule has 0 amide bonds. The Balaban J connectivity index is 2.00. The summed E-state index contributed by atoms with van der Waals surface area (Å²) in [5, 5.41) is 0. The van der Waals surface area contributed by atoms with Crippen molar-refractivity contribution in [2.24, 2.45) is 11.8 Å². The Morgan fingerprint density at radius 3 is 2.80 bits per heavy atom. The molecule has 1 heterocycles. The Kier molecular flexibility index (Phi) is 1.31. The van der Waals surface area contributed by atoms with Crippen molar-refractivity contribution in [3.63, 3.8) is 0 Å². The molecule has 0 aromatic rings. The third-order valence-electron chi connectivity index (χ3n) is 2.70. The second-order valence-corrected chi connectivity index (χ2v) is 3.46. The van der Waals surface area contributed by atoms with E-state index in [4.69, 9.17) is 4.74 Å². The van der Waals surface area contributed by atoms with Crippen molar-refractivity contribution in [2.45, 2.75) is 32.0 Å². The zero-order valence-electron chi connectivity index (χ0n) is 6.12. The highest BCUT2D eigenvalue weighted by molar-refractivity contribution is 5.54. The van der Waals surface area contributed by atoms with Gasteiger partial charge in [-0.25, -0.2) is 0 Å². The van der Waals surface area contributed by atoms with E-state index in [0.29, 0.717) is 18.1 Å². The van der Waals surface area contributed by atoms with Gasteiger partial charge in [-0.1, -0.05) is 6.92 Å². The molecule has 2 heteroatoms. The van der Waals surface area contributed by atoms with E-state index in [2.05, 4.69) is 6.92 Å². The van der Waals surface area contributed by atoms with Gasteiger partial charge in [-0.2, -0.15) is 0 Å². The monoisotopic (exact) mass is 140 g/mol. The van der Waals surface area contributed by atoms with Crippen molar-refractivity contribution in [3.05, 3.63) is 0 Å². The fourth-order valence-corrected chi connectivity index (χ4v) is 1.83. The van der Waals surface area contributed by atoms with Crippen molar-refractivity contribution in [2.75, 3.05) is 0 Å². The number of fused-ring (bicyclic) bond motifs is 1. The lowest BCUT2D eigenvalue weighted by Crippen LogP contribution is -2.22. The van der Waals surface area contributed by atoms with E-state index < -0.39 is 0 Å². The topological polar surface area (TPSA) is 29.6 Å². The van der Waals surface area contributed by atoms with Crippen LogP contribution in [0, 0.1) is 11.8 Å². The Morgan fingerprint density at radius 1 is 1.40 bits per heavy atom. The number of hydrogen-bond donors (Lipinski definition) is 0. The van der Waals surface area contributed by atoms with Gasteiger partial charge >= 0.3 is 0 Å². The second-order valence-electron chi connectivity index (χ2n) is 3.46. The van der Waals surface area contributed by atoms with E-state index in [1.54, 1.807) is 0 Å². The zero-order valence-corrected chi connectivity index (χ0v) is 6.12. The maximum absolute atomic E-state index is 10.5. The van der Waals surface area contributed by atoms with Crippen LogP contribution in [0.1, 0.15) is 19.8 Å². The summed E-state index contributed by atoms with van der Waals surface area (Å²) in [6, 6.07) is 0. The minimum atomic E-state index is 0.267. The van der Waals surface area contributed by atoms with Crippen LogP contribution < -0.4 is 0 Å². The molecule has 2 nitrogen and oxygen atoms in total. The lowest BCUT2D eigenvalue weighted by Gasteiger charge is -2.20. The maximum Gasteiger partial charge on any atom is 0.123 e. The standard InChI is InChI=1S/C8H12O2/c1-5-2-7-8(10-7)3-6(5)4-9/h4-8H,2-3H2,1H3/t5?,6?,7?,8-/m0/s1. The third-order valence-corrected chi connectivity index (χ3v) is 2.70. The molecule has 0 bridgehead atoms. The molecule has 2 aliphatic rings. The number of epoxide rings is 1. The third kappa shape index (κ3) is 0.870. The first-order valence-electron chi connectivity index (χ1n) is 3.92. The van der Waals surface area contributed by atoms with Crippen LogP contribution in [0.2, 0.25) is 0 Å². The number of carbonyl (C=O) groups is 1. The molecule has 1 saturated carbocycles. The van der Waals surface area contributed by atoms with Gasteiger partial charge in [-0.3, -0.25) is 0 Å². The largest absolute Gasteiger partial charge is 0.370 e. The Bertz CT molecular complexity index is 155. The molecule has 3 unspecified atom stereocenters. The minimum Gasteiger partial charge on any atom is -0.370 e. The van der Waals surface area contributed by atoms with Crippen molar-refractivity contribution >= 4 is 6.29 Å². The Morgan fingerprint density at radius 2 is 2.10 bits per heavy atom. The molecule has 1 aliphatic heterocycles. The summed E-state index contributed by atoms with van der Waals surface area (Å²) >= 11 is 0. The second kappa shape index (κ2) is 2.06. The van der Waals surface area contributed by atoms with Crippen LogP contribution >= 0.6 is 0 Å². The smallest absolute Gasteiger partial charge is 0.123 e. The van der Waals surface area contributed by atoms with Crippen molar-refractivity contribution < 1.29 is 9.53 Å². The number of ether oxygens (including phenoxy) is 1. The van der Waals surface area contributed by atoms with Gasteiger partial charge in [0.25, 0.3) is 0 Å². The van der Waals surface area contributed by atoms with E-state index in [9.17, 15) is 4.79 Å². The predicted octanol–water partition coefficient (Wildman–Crippen LogP) is 0.999. The molecule has 0 aromatic heterocycles. The highest BCUT2D eigenvalue weighted by atomic mass is 16.6. The molecular formula is C8H12O2. The van der Waals surface area contributed by atoms with Gasteiger partial charge in [0.05, 0.1) is 12.2 Å². The van der Waals surface area contributed by atoms with Crippen molar-refractivity contribution in [3.8, 4) is 0 Å². The molecule has 10 heavy (non-hydrogen) atoms. The highest BCUT2D eigenvalue weighted by Gasteiger charge is 2.46. The first-order chi connectivity index (χ1) is 4.81. The number of rotatable bonds is 1. The van der Waals surface area contributed by atoms with Gasteiger partial charge < -0.3 is 9.53 Å². The van der Waals surface area contributed by atoms with E-state index in [-0.39, 0.29) is 5.92 Å². The molecule has 2 fully saturated rings. The fourth-order valence-electron chi connectivity index (χ4n) is 1.83. The van der Waals surface area contributed by atoms with E-state index in [1.165, 1.54) is 0 Å². The normalized spacial score (nSPS) is 51.7. The van der Waals surface area contributed by atoms with Crippen LogP contribution in [-0.4, -0.2) is 18.5 Å². The lowest BCUT2D eigenvalue weighted by atomic mass is 9.81. The summed E-state index contributed by atoms with van der Waals surface area (Å²) in [7, 11) is 0. The van der Waals surface area contributed by atoms with E-state index >= 15 is 0 Å². The van der Waals surface area contributed by atoms with Crippen LogP contribution in [0.5, 0.6) is 0 Å². The zero-order chi connectivity index (χ0) is 7.14. The number of carbonyl (C=O) groups excluding carboxylic acids is 1. The fraction of sp³-hybridized carbons (Fsp3) is 0.875. The Labute approximate surface area is 60.6 Å². The molecule has 4 atom stereocenters. The average Bonchev–Trinajstić information content (AvgIpc) is 2.64. The summed E-state index contributed by atoms with van der Waals surface area (Å²) in [6.07, 6.45) is 4.09. The predicted molar refractivity (Wildman–Crippen MR) is 36.6 cm³/mol. The van der Waals surface area contributed by atoms with Crippen LogP contribution in [0.3, 0.4) is 0 Å². The molecule has 2 rings (SSSR count). The summed E-state index contributed by atoms with van der Waals surface area (Å²) in [5.41, 5.74) is 0. The highest BCUT2D eigenvalue weighted by Crippen LogP contribution is 2.41. The van der Waals surface area contributed by atoms with Crippen LogP contribution in [0.15, 0.2) is 0 Å². The summed E-state index contributed by atoms with van der Waals surface area (Å²) in [5.74, 6) is 0.810. The van der Waals surface area contributed by atoms with Gasteiger partial charge in [0, 0.05) is 5.92 Å². The van der Waals surface area contributed by atoms with Crippen LogP contribution in [0.4, 0.5) is 0 Å². The molecular weight excluding hydrogens is 128 g/mol. The van der Waals surface area contributed by atoms with Gasteiger partial charge in [0.1, 0.15) is 6.29 Å². The molecule has 1 aliphatic carbocycles. The Hall–Kier alpha value is -0.370. The molecule has 0 spiro atoms. The van der Waals surface area contributed by atoms with Crippen molar-refractivity contribution in [1.29, 1.82) is 0 Å². The van der Waals surface area contributed by atoms with E-state index in [0.717, 1.165) is 19.1 Å². The van der Waals surface area contributed by atoms with Crippen LogP contribution in [0.25, 0.3) is 0 Å². The minimum absolute atomic E-state index is 0.267.